The molecule has 0 radical (unpaired) electrons. The number of anilines is 2. The minimum Gasteiger partial charge on any atom is -0.485 e. The van der Waals surface area contributed by atoms with E-state index in [0.29, 0.717) is 21.6 Å². The van der Waals surface area contributed by atoms with Crippen LogP contribution in [0.1, 0.15) is 0 Å². The van der Waals surface area contributed by atoms with E-state index < -0.39 is 5.78 Å². The fourth-order valence-corrected chi connectivity index (χ4v) is 3.13. The highest BCUT2D eigenvalue weighted by Gasteiger charge is 2.31. The molecule has 0 aliphatic carbocycles. The van der Waals surface area contributed by atoms with Crippen LogP contribution in [0.2, 0.25) is 10.0 Å². The molecule has 0 spiro atoms. The lowest BCUT2D eigenvalue weighted by atomic mass is 10.2. The number of ether oxygens (including phenoxy) is 1. The first-order valence-corrected chi connectivity index (χ1v) is 8.51. The molecule has 0 fully saturated rings. The van der Waals surface area contributed by atoms with Gasteiger partial charge in [0.1, 0.15) is 23.2 Å². The maximum Gasteiger partial charge on any atom is 0.214 e. The van der Waals surface area contributed by atoms with Gasteiger partial charge in [0.2, 0.25) is 5.78 Å². The van der Waals surface area contributed by atoms with Crippen LogP contribution in [-0.4, -0.2) is 26.5 Å². The molecule has 132 valence electrons. The van der Waals surface area contributed by atoms with E-state index in [4.69, 9.17) is 27.9 Å². The fourth-order valence-electron chi connectivity index (χ4n) is 2.84. The smallest absolute Gasteiger partial charge is 0.214 e. The maximum absolute atomic E-state index is 12.6. The third kappa shape index (κ3) is 3.22. The minimum atomic E-state index is -0.417. The van der Waals surface area contributed by atoms with Gasteiger partial charge in [-0.2, -0.15) is 5.26 Å². The zero-order chi connectivity index (χ0) is 18.8. The standard InChI is InChI=1S/C19H15Cl2N3O2/c1-23-16-5-3-4-6-17(16)24(2)19(23)13(10-22)18(25)11-26-12-7-8-14(20)15(21)9-12/h3-9H,11H2,1-2H3. The number of halogens is 2. The molecule has 0 amide bonds. The zero-order valence-electron chi connectivity index (χ0n) is 14.2. The molecule has 2 aromatic rings. The number of hydrogen-bond donors (Lipinski definition) is 0. The lowest BCUT2D eigenvalue weighted by Crippen LogP contribution is -2.27. The van der Waals surface area contributed by atoms with Gasteiger partial charge in [-0.05, 0) is 24.3 Å². The molecule has 1 aliphatic heterocycles. The van der Waals surface area contributed by atoms with Crippen LogP contribution in [0.25, 0.3) is 0 Å². The van der Waals surface area contributed by atoms with E-state index >= 15 is 0 Å². The number of carbonyl (C=O) groups is 1. The molecule has 0 aromatic heterocycles. The van der Waals surface area contributed by atoms with Crippen molar-refractivity contribution in [2.75, 3.05) is 30.5 Å². The Morgan fingerprint density at radius 3 is 2.23 bits per heavy atom. The summed E-state index contributed by atoms with van der Waals surface area (Å²) in [7, 11) is 3.64. The number of Topliss-reactive ketones (excluding diaryl/α,β-unsaturated/α-hetero) is 1. The first-order valence-electron chi connectivity index (χ1n) is 7.76. The number of para-hydroxylation sites is 2. The summed E-state index contributed by atoms with van der Waals surface area (Å²) >= 11 is 11.8. The number of rotatable bonds is 4. The van der Waals surface area contributed by atoms with E-state index in [2.05, 4.69) is 0 Å². The molecule has 0 unspecified atom stereocenters. The SMILES string of the molecule is CN1C(=C(C#N)C(=O)COc2ccc(Cl)c(Cl)c2)N(C)c2ccccc21. The normalized spacial score (nSPS) is 12.7. The van der Waals surface area contributed by atoms with E-state index in [1.807, 2.05) is 54.2 Å². The summed E-state index contributed by atoms with van der Waals surface area (Å²) in [6.45, 7) is -0.275. The molecule has 3 rings (SSSR count). The lowest BCUT2D eigenvalue weighted by Gasteiger charge is -2.20. The molecule has 0 N–H and O–H groups in total. The van der Waals surface area contributed by atoms with Crippen LogP contribution in [0, 0.1) is 11.3 Å². The summed E-state index contributed by atoms with van der Waals surface area (Å²) < 4.78 is 5.48. The predicted octanol–water partition coefficient (Wildman–Crippen LogP) is 4.26. The Hall–Kier alpha value is -2.68. The lowest BCUT2D eigenvalue weighted by molar-refractivity contribution is -0.117. The van der Waals surface area contributed by atoms with Crippen LogP contribution in [0.3, 0.4) is 0 Å². The third-order valence-corrected chi connectivity index (χ3v) is 4.85. The van der Waals surface area contributed by atoms with Gasteiger partial charge in [-0.1, -0.05) is 35.3 Å². The minimum absolute atomic E-state index is 0.0336. The van der Waals surface area contributed by atoms with Gasteiger partial charge < -0.3 is 14.5 Å². The van der Waals surface area contributed by atoms with Gasteiger partial charge in [-0.3, -0.25) is 4.79 Å². The summed E-state index contributed by atoms with van der Waals surface area (Å²) in [5.74, 6) is 0.517. The van der Waals surface area contributed by atoms with Crippen molar-refractivity contribution in [2.45, 2.75) is 0 Å². The van der Waals surface area contributed by atoms with E-state index in [0.717, 1.165) is 11.4 Å². The Morgan fingerprint density at radius 2 is 1.69 bits per heavy atom. The molecule has 5 nitrogen and oxygen atoms in total. The summed E-state index contributed by atoms with van der Waals surface area (Å²) in [5.41, 5.74) is 1.89. The largest absolute Gasteiger partial charge is 0.485 e. The van der Waals surface area contributed by atoms with Crippen molar-refractivity contribution in [3.05, 3.63) is 63.9 Å². The van der Waals surface area contributed by atoms with Gasteiger partial charge in [-0.25, -0.2) is 0 Å². The van der Waals surface area contributed by atoms with Crippen molar-refractivity contribution in [2.24, 2.45) is 0 Å². The summed E-state index contributed by atoms with van der Waals surface area (Å²) in [6.07, 6.45) is 0. The second-order valence-electron chi connectivity index (χ2n) is 5.70. The highest BCUT2D eigenvalue weighted by molar-refractivity contribution is 6.42. The number of nitrogens with zero attached hydrogens (tertiary/aromatic N) is 3. The van der Waals surface area contributed by atoms with Gasteiger partial charge in [-0.15, -0.1) is 0 Å². The number of ketones is 1. The topological polar surface area (TPSA) is 56.6 Å². The summed E-state index contributed by atoms with van der Waals surface area (Å²) in [5, 5.41) is 10.3. The molecule has 7 heteroatoms. The van der Waals surface area contributed by atoms with Gasteiger partial charge >= 0.3 is 0 Å². The molecule has 0 atom stereocenters. The summed E-state index contributed by atoms with van der Waals surface area (Å²) in [6, 6.07) is 14.4. The molecule has 0 bridgehead atoms. The Kier molecular flexibility index (Phi) is 5.08. The predicted molar refractivity (Wildman–Crippen MR) is 103 cm³/mol. The number of benzene rings is 2. The Balaban J connectivity index is 1.84. The van der Waals surface area contributed by atoms with Crippen molar-refractivity contribution in [3.63, 3.8) is 0 Å². The molecular weight excluding hydrogens is 373 g/mol. The first kappa shape index (κ1) is 18.1. The highest BCUT2D eigenvalue weighted by Crippen LogP contribution is 2.40. The fraction of sp³-hybridized carbons (Fsp3) is 0.158. The molecule has 2 aromatic carbocycles. The summed E-state index contributed by atoms with van der Waals surface area (Å²) in [4.78, 5) is 16.3. The highest BCUT2D eigenvalue weighted by atomic mass is 35.5. The third-order valence-electron chi connectivity index (χ3n) is 4.12. The number of hydrogen-bond acceptors (Lipinski definition) is 5. The van der Waals surface area contributed by atoms with Crippen molar-refractivity contribution in [1.82, 2.24) is 0 Å². The van der Waals surface area contributed by atoms with Crippen molar-refractivity contribution in [3.8, 4) is 11.8 Å². The molecule has 26 heavy (non-hydrogen) atoms. The van der Waals surface area contributed by atoms with E-state index in [1.54, 1.807) is 12.1 Å². The van der Waals surface area contributed by atoms with Crippen molar-refractivity contribution < 1.29 is 9.53 Å². The van der Waals surface area contributed by atoms with Crippen LogP contribution >= 0.6 is 23.2 Å². The van der Waals surface area contributed by atoms with Crippen molar-refractivity contribution >= 4 is 40.4 Å². The molecule has 0 saturated carbocycles. The average molecular weight is 388 g/mol. The molecule has 0 saturated heterocycles. The van der Waals surface area contributed by atoms with Crippen LogP contribution < -0.4 is 14.5 Å². The van der Waals surface area contributed by atoms with Gasteiger partial charge in [0.25, 0.3) is 0 Å². The number of fused-ring (bicyclic) bond motifs is 1. The maximum atomic E-state index is 12.6. The van der Waals surface area contributed by atoms with Crippen LogP contribution in [0.15, 0.2) is 53.9 Å². The Bertz CT molecular complexity index is 919. The van der Waals surface area contributed by atoms with E-state index in [1.165, 1.54) is 6.07 Å². The van der Waals surface area contributed by atoms with Gasteiger partial charge in [0, 0.05) is 20.2 Å². The van der Waals surface area contributed by atoms with E-state index in [-0.39, 0.29) is 12.2 Å². The monoisotopic (exact) mass is 387 g/mol. The second kappa shape index (κ2) is 7.28. The van der Waals surface area contributed by atoms with Crippen LogP contribution in [0.5, 0.6) is 5.75 Å². The Labute approximate surface area is 161 Å². The second-order valence-corrected chi connectivity index (χ2v) is 6.52. The number of carbonyl (C=O) groups excluding carboxylic acids is 1. The van der Waals surface area contributed by atoms with Crippen molar-refractivity contribution in [1.29, 1.82) is 5.26 Å². The quantitative estimate of drug-likeness (QED) is 0.579. The molecule has 1 heterocycles. The molecular formula is C19H15Cl2N3O2. The van der Waals surface area contributed by atoms with Gasteiger partial charge in [0.05, 0.1) is 21.4 Å². The average Bonchev–Trinajstić information content (AvgIpc) is 2.89. The van der Waals surface area contributed by atoms with Crippen LogP contribution in [0.4, 0.5) is 11.4 Å². The zero-order valence-corrected chi connectivity index (χ0v) is 15.7. The van der Waals surface area contributed by atoms with E-state index in [9.17, 15) is 10.1 Å². The Morgan fingerprint density at radius 1 is 1.08 bits per heavy atom. The molecule has 1 aliphatic rings. The van der Waals surface area contributed by atoms with Gasteiger partial charge in [0.15, 0.2) is 6.61 Å². The number of nitriles is 1. The van der Waals surface area contributed by atoms with Crippen LogP contribution in [-0.2, 0) is 4.79 Å². The first-order chi connectivity index (χ1) is 12.4.